The predicted octanol–water partition coefficient (Wildman–Crippen LogP) is 4.09. The van der Waals surface area contributed by atoms with Gasteiger partial charge in [-0.05, 0) is 36.6 Å². The number of nitrogens with zero attached hydrogens (tertiary/aromatic N) is 1. The molecule has 1 aromatic heterocycles. The van der Waals surface area contributed by atoms with Gasteiger partial charge in [0.25, 0.3) is 0 Å². The number of amides is 1. The van der Waals surface area contributed by atoms with Crippen molar-refractivity contribution in [3.05, 3.63) is 53.5 Å². The van der Waals surface area contributed by atoms with Crippen molar-refractivity contribution in [3.63, 3.8) is 0 Å². The van der Waals surface area contributed by atoms with E-state index in [4.69, 9.17) is 13.9 Å². The minimum atomic E-state index is -0.104. The lowest BCUT2D eigenvalue weighted by atomic mass is 10.1. The first-order chi connectivity index (χ1) is 12.5. The van der Waals surface area contributed by atoms with E-state index >= 15 is 0 Å². The van der Waals surface area contributed by atoms with Gasteiger partial charge in [0.2, 0.25) is 5.91 Å². The topological polar surface area (TPSA) is 51.9 Å². The molecule has 0 aliphatic heterocycles. The van der Waals surface area contributed by atoms with E-state index in [0.717, 1.165) is 11.3 Å². The Morgan fingerprint density at radius 3 is 2.69 bits per heavy atom. The Morgan fingerprint density at radius 2 is 2.04 bits per heavy atom. The fraction of sp³-hybridized carbons (Fsp3) is 0.381. The minimum Gasteiger partial charge on any atom is -0.493 e. The van der Waals surface area contributed by atoms with Crippen LogP contribution < -0.4 is 9.47 Å². The Kier molecular flexibility index (Phi) is 5.35. The van der Waals surface area contributed by atoms with E-state index in [2.05, 4.69) is 6.92 Å². The average Bonchev–Trinajstić information content (AvgIpc) is 3.19. The summed E-state index contributed by atoms with van der Waals surface area (Å²) in [5, 5.41) is 0. The van der Waals surface area contributed by atoms with Crippen LogP contribution in [0.5, 0.6) is 11.5 Å². The number of benzene rings is 1. The molecule has 2 atom stereocenters. The maximum atomic E-state index is 12.4. The molecule has 1 fully saturated rings. The van der Waals surface area contributed by atoms with Crippen molar-refractivity contribution in [2.45, 2.75) is 25.8 Å². The molecule has 1 aliphatic rings. The third-order valence-corrected chi connectivity index (χ3v) is 4.78. The van der Waals surface area contributed by atoms with Crippen molar-refractivity contribution in [1.82, 2.24) is 4.90 Å². The molecule has 138 valence electrons. The molecule has 1 aromatic carbocycles. The molecule has 0 unspecified atom stereocenters. The average molecular weight is 355 g/mol. The predicted molar refractivity (Wildman–Crippen MR) is 100 cm³/mol. The lowest BCUT2D eigenvalue weighted by molar-refractivity contribution is -0.125. The number of rotatable bonds is 7. The largest absolute Gasteiger partial charge is 0.493 e. The van der Waals surface area contributed by atoms with Gasteiger partial charge in [-0.2, -0.15) is 0 Å². The molecule has 5 heteroatoms. The number of hydrogen-bond acceptors (Lipinski definition) is 4. The van der Waals surface area contributed by atoms with E-state index in [1.54, 1.807) is 32.2 Å². The van der Waals surface area contributed by atoms with Gasteiger partial charge in [-0.25, -0.2) is 0 Å². The molecule has 1 saturated carbocycles. The second kappa shape index (κ2) is 7.68. The number of likely N-dealkylation sites (N-methyl/N-ethyl adjacent to an activating group) is 1. The highest BCUT2D eigenvalue weighted by molar-refractivity contribution is 5.91. The Bertz CT molecular complexity index is 808. The Balaban J connectivity index is 1.64. The lowest BCUT2D eigenvalue weighted by Crippen LogP contribution is -2.24. The number of furan rings is 1. The normalized spacial score (nSPS) is 18.8. The van der Waals surface area contributed by atoms with Crippen LogP contribution in [0, 0.1) is 5.92 Å². The zero-order valence-electron chi connectivity index (χ0n) is 15.7. The fourth-order valence-corrected chi connectivity index (χ4v) is 3.07. The molecule has 2 aromatic rings. The van der Waals surface area contributed by atoms with Crippen molar-refractivity contribution in [2.75, 3.05) is 21.3 Å². The van der Waals surface area contributed by atoms with Crippen molar-refractivity contribution >= 4 is 12.0 Å². The zero-order chi connectivity index (χ0) is 18.7. The van der Waals surface area contributed by atoms with Crippen LogP contribution >= 0.6 is 0 Å². The molecule has 0 saturated heterocycles. The quantitative estimate of drug-likeness (QED) is 0.702. The van der Waals surface area contributed by atoms with Crippen LogP contribution in [0.1, 0.15) is 36.3 Å². The molecular weight excluding hydrogens is 330 g/mol. The summed E-state index contributed by atoms with van der Waals surface area (Å²) in [5.74, 6) is 4.15. The Hall–Kier alpha value is -2.69. The molecular formula is C21H25NO4. The lowest BCUT2D eigenvalue weighted by Gasteiger charge is -2.18. The maximum absolute atomic E-state index is 12.4. The van der Waals surface area contributed by atoms with E-state index in [0.29, 0.717) is 35.6 Å². The van der Waals surface area contributed by atoms with E-state index in [9.17, 15) is 4.79 Å². The molecule has 26 heavy (non-hydrogen) atoms. The summed E-state index contributed by atoms with van der Waals surface area (Å²) in [6, 6.07) is 9.55. The first-order valence-corrected chi connectivity index (χ1v) is 8.76. The second-order valence-corrected chi connectivity index (χ2v) is 6.74. The van der Waals surface area contributed by atoms with Crippen LogP contribution in [0.4, 0.5) is 0 Å². The monoisotopic (exact) mass is 355 g/mol. The van der Waals surface area contributed by atoms with Gasteiger partial charge in [-0.1, -0.05) is 19.1 Å². The van der Waals surface area contributed by atoms with Crippen LogP contribution in [-0.2, 0) is 11.3 Å². The molecule has 0 radical (unpaired) electrons. The summed E-state index contributed by atoms with van der Waals surface area (Å²) >= 11 is 0. The Labute approximate surface area is 154 Å². The number of carbonyl (C=O) groups is 1. The van der Waals surface area contributed by atoms with Gasteiger partial charge in [0.1, 0.15) is 11.5 Å². The maximum Gasteiger partial charge on any atom is 0.246 e. The fourth-order valence-electron chi connectivity index (χ4n) is 3.07. The third kappa shape index (κ3) is 3.93. The molecule has 3 rings (SSSR count). The smallest absolute Gasteiger partial charge is 0.246 e. The summed E-state index contributed by atoms with van der Waals surface area (Å²) < 4.78 is 16.5. The van der Waals surface area contributed by atoms with Crippen LogP contribution in [0.25, 0.3) is 6.08 Å². The molecule has 5 nitrogen and oxygen atoms in total. The van der Waals surface area contributed by atoms with Crippen molar-refractivity contribution in [1.29, 1.82) is 0 Å². The molecule has 1 amide bonds. The first-order valence-electron chi connectivity index (χ1n) is 8.76. The van der Waals surface area contributed by atoms with Crippen LogP contribution in [0.15, 0.2) is 40.8 Å². The number of methoxy groups -OCH3 is 2. The molecule has 0 spiro atoms. The van der Waals surface area contributed by atoms with Gasteiger partial charge in [0.15, 0.2) is 11.5 Å². The summed E-state index contributed by atoms with van der Waals surface area (Å²) in [7, 11) is 4.95. The highest BCUT2D eigenvalue weighted by Crippen LogP contribution is 2.47. The van der Waals surface area contributed by atoms with Crippen LogP contribution in [-0.4, -0.2) is 32.1 Å². The molecule has 0 N–H and O–H groups in total. The molecule has 1 aliphatic carbocycles. The first kappa shape index (κ1) is 18.1. The highest BCUT2D eigenvalue weighted by atomic mass is 16.5. The van der Waals surface area contributed by atoms with E-state index in [1.807, 2.05) is 30.3 Å². The van der Waals surface area contributed by atoms with Gasteiger partial charge in [0.05, 0.1) is 14.2 Å². The second-order valence-electron chi connectivity index (χ2n) is 6.74. The van der Waals surface area contributed by atoms with Crippen LogP contribution in [0.2, 0.25) is 0 Å². The van der Waals surface area contributed by atoms with Gasteiger partial charge >= 0.3 is 0 Å². The van der Waals surface area contributed by atoms with Crippen molar-refractivity contribution < 1.29 is 18.7 Å². The summed E-state index contributed by atoms with van der Waals surface area (Å²) in [6.07, 6.45) is 4.44. The molecule has 0 bridgehead atoms. The van der Waals surface area contributed by atoms with E-state index in [-0.39, 0.29) is 5.91 Å². The number of para-hydroxylation sites is 1. The van der Waals surface area contributed by atoms with Crippen molar-refractivity contribution in [2.24, 2.45) is 5.92 Å². The third-order valence-electron chi connectivity index (χ3n) is 4.78. The summed E-state index contributed by atoms with van der Waals surface area (Å²) in [4.78, 5) is 14.0. The summed E-state index contributed by atoms with van der Waals surface area (Å²) in [5.41, 5.74) is 0.888. The minimum absolute atomic E-state index is 0.104. The number of carbonyl (C=O) groups excluding carboxylic acids is 1. The van der Waals surface area contributed by atoms with Crippen LogP contribution in [0.3, 0.4) is 0 Å². The number of ether oxygens (including phenoxy) is 2. The van der Waals surface area contributed by atoms with E-state index in [1.165, 1.54) is 12.5 Å². The summed E-state index contributed by atoms with van der Waals surface area (Å²) in [6.45, 7) is 2.64. The SMILES string of the molecule is COc1cccc(CN(C)C(=O)/C=C/c2ccc([C@H]3C[C@@H]3C)o2)c1OC. The number of hydrogen-bond donors (Lipinski definition) is 0. The van der Waals surface area contributed by atoms with Gasteiger partial charge in [-0.3, -0.25) is 4.79 Å². The van der Waals surface area contributed by atoms with Gasteiger partial charge < -0.3 is 18.8 Å². The van der Waals surface area contributed by atoms with Gasteiger partial charge in [-0.15, -0.1) is 0 Å². The van der Waals surface area contributed by atoms with E-state index < -0.39 is 0 Å². The molecule has 1 heterocycles. The van der Waals surface area contributed by atoms with Gasteiger partial charge in [0, 0.05) is 31.1 Å². The standard InChI is InChI=1S/C21H25NO4/c1-14-12-17(14)18-10-8-16(26-18)9-11-20(23)22(2)13-15-6-5-7-19(24-3)21(15)25-4/h5-11,14,17H,12-13H2,1-4H3/b11-9+/t14-,17-/m0/s1. The van der Waals surface area contributed by atoms with Crippen molar-refractivity contribution in [3.8, 4) is 11.5 Å². The highest BCUT2D eigenvalue weighted by Gasteiger charge is 2.36. The zero-order valence-corrected chi connectivity index (χ0v) is 15.7. The Morgan fingerprint density at radius 1 is 1.27 bits per heavy atom.